The molecule has 0 aromatic heterocycles. The van der Waals surface area contributed by atoms with Crippen molar-refractivity contribution in [2.24, 2.45) is 0 Å². The summed E-state index contributed by atoms with van der Waals surface area (Å²) in [5.41, 5.74) is 3.16. The van der Waals surface area contributed by atoms with Gasteiger partial charge in [0, 0.05) is 22.6 Å². The second-order valence-corrected chi connectivity index (χ2v) is 9.86. The summed E-state index contributed by atoms with van der Waals surface area (Å²) in [7, 11) is 0. The molecule has 0 bridgehead atoms. The van der Waals surface area contributed by atoms with Crippen LogP contribution in [0.1, 0.15) is 55.0 Å². The molecule has 0 amide bonds. The van der Waals surface area contributed by atoms with Crippen LogP contribution < -0.4 is 0 Å². The largest absolute Gasteiger partial charge is 0.293 e. The molecule has 5 heteroatoms. The van der Waals surface area contributed by atoms with Gasteiger partial charge in [0.15, 0.2) is 21.7 Å². The molecule has 0 aliphatic heterocycles. The Kier molecular flexibility index (Phi) is 6.09. The summed E-state index contributed by atoms with van der Waals surface area (Å²) in [6.45, 7) is 2.05. The van der Waals surface area contributed by atoms with Gasteiger partial charge < -0.3 is 0 Å². The van der Waals surface area contributed by atoms with Gasteiger partial charge in [-0.3, -0.25) is 14.4 Å². The van der Waals surface area contributed by atoms with Gasteiger partial charge in [0.05, 0.1) is 4.83 Å². The zero-order valence-corrected chi connectivity index (χ0v) is 20.0. The van der Waals surface area contributed by atoms with E-state index in [0.29, 0.717) is 16.7 Å². The highest BCUT2D eigenvalue weighted by atomic mass is 79.9. The van der Waals surface area contributed by atoms with E-state index in [0.717, 1.165) is 17.5 Å². The van der Waals surface area contributed by atoms with Crippen LogP contribution in [0.15, 0.2) is 78.9 Å². The molecule has 0 N–H and O–H groups in total. The van der Waals surface area contributed by atoms with Gasteiger partial charge in [-0.1, -0.05) is 118 Å². The SMILES string of the molecule is CCc1ccc(C(=O)[C@@H](Br)[C@H](c2ccccc2)C2(Br)C(=O)c3ccccc3C2=O)cc1. The Balaban J connectivity index is 1.81. The average Bonchev–Trinajstić information content (AvgIpc) is 3.01. The third-order valence-electron chi connectivity index (χ3n) is 5.85. The zero-order valence-electron chi connectivity index (χ0n) is 16.8. The average molecular weight is 540 g/mol. The van der Waals surface area contributed by atoms with Gasteiger partial charge in [-0.25, -0.2) is 0 Å². The number of benzene rings is 3. The number of aryl methyl sites for hydroxylation is 1. The molecular formula is C26H20Br2O3. The Labute approximate surface area is 198 Å². The third kappa shape index (κ3) is 3.64. The molecule has 0 fully saturated rings. The minimum Gasteiger partial charge on any atom is -0.293 e. The molecule has 1 aliphatic rings. The smallest absolute Gasteiger partial charge is 0.188 e. The van der Waals surface area contributed by atoms with Crippen LogP contribution in [-0.4, -0.2) is 26.5 Å². The monoisotopic (exact) mass is 538 g/mol. The van der Waals surface area contributed by atoms with Gasteiger partial charge in [-0.15, -0.1) is 0 Å². The summed E-state index contributed by atoms with van der Waals surface area (Å²) in [6, 6.07) is 23.5. The van der Waals surface area contributed by atoms with Crippen LogP contribution in [0, 0.1) is 0 Å². The number of fused-ring (bicyclic) bond motifs is 1. The fourth-order valence-electron chi connectivity index (χ4n) is 4.13. The predicted octanol–water partition coefficient (Wildman–Crippen LogP) is 6.19. The van der Waals surface area contributed by atoms with Gasteiger partial charge >= 0.3 is 0 Å². The van der Waals surface area contributed by atoms with E-state index in [4.69, 9.17) is 0 Å². The molecule has 3 nitrogen and oxygen atoms in total. The van der Waals surface area contributed by atoms with Crippen molar-refractivity contribution in [2.75, 3.05) is 0 Å². The number of Topliss-reactive ketones (excluding diaryl/α,β-unsaturated/α-hetero) is 3. The molecule has 0 saturated heterocycles. The summed E-state index contributed by atoms with van der Waals surface area (Å²) in [5, 5.41) is 0. The summed E-state index contributed by atoms with van der Waals surface area (Å²) in [4.78, 5) is 39.6. The van der Waals surface area contributed by atoms with Crippen LogP contribution in [0.25, 0.3) is 0 Å². The van der Waals surface area contributed by atoms with Crippen molar-refractivity contribution in [3.8, 4) is 0 Å². The fourth-order valence-corrected chi connectivity index (χ4v) is 6.41. The van der Waals surface area contributed by atoms with E-state index in [-0.39, 0.29) is 17.3 Å². The van der Waals surface area contributed by atoms with Gasteiger partial charge in [0.2, 0.25) is 0 Å². The number of alkyl halides is 2. The first kappa shape index (κ1) is 21.8. The van der Waals surface area contributed by atoms with Crippen molar-refractivity contribution < 1.29 is 14.4 Å². The van der Waals surface area contributed by atoms with Crippen molar-refractivity contribution >= 4 is 49.2 Å². The number of halogens is 2. The van der Waals surface area contributed by atoms with Gasteiger partial charge in [-0.05, 0) is 17.5 Å². The molecule has 0 radical (unpaired) electrons. The zero-order chi connectivity index (χ0) is 22.2. The normalized spacial score (nSPS) is 16.6. The molecule has 0 saturated carbocycles. The Hall–Kier alpha value is -2.37. The summed E-state index contributed by atoms with van der Waals surface area (Å²) >= 11 is 7.12. The van der Waals surface area contributed by atoms with Crippen molar-refractivity contribution in [3.63, 3.8) is 0 Å². The molecule has 156 valence electrons. The lowest BCUT2D eigenvalue weighted by Gasteiger charge is -2.33. The number of hydrogen-bond donors (Lipinski definition) is 0. The topological polar surface area (TPSA) is 51.2 Å². The van der Waals surface area contributed by atoms with Crippen molar-refractivity contribution in [1.29, 1.82) is 0 Å². The van der Waals surface area contributed by atoms with Crippen molar-refractivity contribution in [1.82, 2.24) is 0 Å². The molecule has 0 spiro atoms. The van der Waals surface area contributed by atoms with E-state index in [2.05, 4.69) is 38.8 Å². The number of ketones is 3. The second kappa shape index (κ2) is 8.64. The lowest BCUT2D eigenvalue weighted by Crippen LogP contribution is -2.46. The minimum atomic E-state index is -1.56. The number of carbonyl (C=O) groups is 3. The molecular weight excluding hydrogens is 520 g/mol. The molecule has 1 aliphatic carbocycles. The molecule has 2 atom stereocenters. The lowest BCUT2D eigenvalue weighted by atomic mass is 9.78. The van der Waals surface area contributed by atoms with E-state index in [9.17, 15) is 14.4 Å². The predicted molar refractivity (Wildman–Crippen MR) is 129 cm³/mol. The third-order valence-corrected chi connectivity index (χ3v) is 8.01. The highest BCUT2D eigenvalue weighted by Crippen LogP contribution is 2.49. The molecule has 3 aromatic carbocycles. The van der Waals surface area contributed by atoms with E-state index in [1.807, 2.05) is 42.5 Å². The van der Waals surface area contributed by atoms with Crippen LogP contribution in [0.2, 0.25) is 0 Å². The first-order chi connectivity index (χ1) is 14.9. The van der Waals surface area contributed by atoms with E-state index in [1.54, 1.807) is 36.4 Å². The second-order valence-electron chi connectivity index (χ2n) is 7.62. The van der Waals surface area contributed by atoms with Crippen molar-refractivity contribution in [2.45, 2.75) is 28.4 Å². The number of carbonyl (C=O) groups excluding carboxylic acids is 3. The number of rotatable bonds is 6. The van der Waals surface area contributed by atoms with Crippen LogP contribution in [0.5, 0.6) is 0 Å². The molecule has 31 heavy (non-hydrogen) atoms. The minimum absolute atomic E-state index is 0.174. The highest BCUT2D eigenvalue weighted by Gasteiger charge is 2.59. The van der Waals surface area contributed by atoms with Crippen LogP contribution in [0.3, 0.4) is 0 Å². The highest BCUT2D eigenvalue weighted by molar-refractivity contribution is 9.11. The summed E-state index contributed by atoms with van der Waals surface area (Å²) in [5.74, 6) is -1.55. The Morgan fingerprint density at radius 2 is 1.35 bits per heavy atom. The molecule has 0 heterocycles. The van der Waals surface area contributed by atoms with E-state index in [1.165, 1.54) is 0 Å². The first-order valence-electron chi connectivity index (χ1n) is 10.1. The lowest BCUT2D eigenvalue weighted by molar-refractivity contribution is 0.0844. The number of hydrogen-bond acceptors (Lipinski definition) is 3. The fraction of sp³-hybridized carbons (Fsp3) is 0.192. The summed E-state index contributed by atoms with van der Waals surface area (Å²) in [6.07, 6.45) is 0.880. The maximum Gasteiger partial charge on any atom is 0.188 e. The van der Waals surface area contributed by atoms with Gasteiger partial charge in [0.1, 0.15) is 0 Å². The molecule has 3 aromatic rings. The van der Waals surface area contributed by atoms with E-state index >= 15 is 0 Å². The quantitative estimate of drug-likeness (QED) is 0.213. The standard InChI is InChI=1S/C26H20Br2O3/c1-2-16-12-14-18(15-13-16)23(29)22(27)21(17-8-4-3-5-9-17)26(28)24(30)19-10-6-7-11-20(19)25(26)31/h3-15,21-22H,2H2,1H3/t21-,22-/m0/s1. The Morgan fingerprint density at radius 3 is 1.87 bits per heavy atom. The van der Waals surface area contributed by atoms with Gasteiger partial charge in [0.25, 0.3) is 0 Å². The van der Waals surface area contributed by atoms with Crippen LogP contribution in [0.4, 0.5) is 0 Å². The molecule has 4 rings (SSSR count). The van der Waals surface area contributed by atoms with Crippen molar-refractivity contribution in [3.05, 3.63) is 107 Å². The maximum atomic E-state index is 13.5. The maximum absolute atomic E-state index is 13.5. The van der Waals surface area contributed by atoms with E-state index < -0.39 is 15.1 Å². The Morgan fingerprint density at radius 1 is 0.839 bits per heavy atom. The van der Waals surface area contributed by atoms with Crippen LogP contribution in [-0.2, 0) is 6.42 Å². The molecule has 0 unspecified atom stereocenters. The van der Waals surface area contributed by atoms with Gasteiger partial charge in [-0.2, -0.15) is 0 Å². The first-order valence-corrected chi connectivity index (χ1v) is 11.8. The Bertz CT molecular complexity index is 1120. The van der Waals surface area contributed by atoms with Crippen LogP contribution >= 0.6 is 31.9 Å². The summed E-state index contributed by atoms with van der Waals surface area (Å²) < 4.78 is -1.56.